The van der Waals surface area contributed by atoms with Gasteiger partial charge in [-0.2, -0.15) is 0 Å². The fourth-order valence-corrected chi connectivity index (χ4v) is 3.38. The van der Waals surface area contributed by atoms with Crippen LogP contribution in [0.4, 0.5) is 11.5 Å². The largest absolute Gasteiger partial charge is 0.497 e. The molecule has 0 unspecified atom stereocenters. The van der Waals surface area contributed by atoms with Crippen molar-refractivity contribution in [2.75, 3.05) is 12.4 Å². The number of ether oxygens (including phenoxy) is 1. The van der Waals surface area contributed by atoms with E-state index in [0.717, 1.165) is 28.4 Å². The van der Waals surface area contributed by atoms with E-state index < -0.39 is 0 Å². The molecule has 0 saturated heterocycles. The molecular formula is C23H23N5O2. The van der Waals surface area contributed by atoms with Crippen LogP contribution in [0.15, 0.2) is 65.5 Å². The van der Waals surface area contributed by atoms with Crippen molar-refractivity contribution in [3.63, 3.8) is 0 Å². The Balaban J connectivity index is 1.73. The Bertz CT molecular complexity index is 1240. The van der Waals surface area contributed by atoms with Crippen LogP contribution in [0.3, 0.4) is 0 Å². The summed E-state index contributed by atoms with van der Waals surface area (Å²) in [5.74, 6) is 1.96. The summed E-state index contributed by atoms with van der Waals surface area (Å²) in [5, 5.41) is 3.22. The smallest absolute Gasteiger partial charge is 0.295 e. The van der Waals surface area contributed by atoms with E-state index in [2.05, 4.69) is 15.3 Å². The van der Waals surface area contributed by atoms with Gasteiger partial charge in [0.05, 0.1) is 24.2 Å². The minimum Gasteiger partial charge on any atom is -0.497 e. The molecule has 152 valence electrons. The average molecular weight is 401 g/mol. The van der Waals surface area contributed by atoms with Gasteiger partial charge < -0.3 is 10.1 Å². The third kappa shape index (κ3) is 3.57. The number of hydrogen-bond acceptors (Lipinski definition) is 5. The first kappa shape index (κ1) is 19.4. The predicted molar refractivity (Wildman–Crippen MR) is 118 cm³/mol. The maximum atomic E-state index is 13.1. The van der Waals surface area contributed by atoms with Crippen molar-refractivity contribution < 1.29 is 4.74 Å². The number of para-hydroxylation sites is 1. The molecule has 0 atom stereocenters. The zero-order valence-electron chi connectivity index (χ0n) is 17.4. The summed E-state index contributed by atoms with van der Waals surface area (Å²) in [5.41, 5.74) is 3.68. The Morgan fingerprint density at radius 2 is 1.67 bits per heavy atom. The lowest BCUT2D eigenvalue weighted by Crippen LogP contribution is -2.20. The second-order valence-corrected chi connectivity index (χ2v) is 6.98. The summed E-state index contributed by atoms with van der Waals surface area (Å²) in [4.78, 5) is 22.2. The third-order valence-electron chi connectivity index (χ3n) is 5.03. The molecule has 4 aromatic rings. The van der Waals surface area contributed by atoms with E-state index in [1.165, 1.54) is 0 Å². The van der Waals surface area contributed by atoms with Crippen molar-refractivity contribution in [1.82, 2.24) is 19.3 Å². The summed E-state index contributed by atoms with van der Waals surface area (Å²) >= 11 is 0. The van der Waals surface area contributed by atoms with Gasteiger partial charge in [0.2, 0.25) is 0 Å². The molecule has 7 nitrogen and oxygen atoms in total. The molecule has 30 heavy (non-hydrogen) atoms. The second-order valence-electron chi connectivity index (χ2n) is 6.98. The number of aromatic nitrogens is 4. The topological polar surface area (TPSA) is 74.0 Å². The van der Waals surface area contributed by atoms with Crippen molar-refractivity contribution in [2.24, 2.45) is 7.05 Å². The Labute approximate surface area is 174 Å². The fraction of sp³-hybridized carbons (Fsp3) is 0.174. The lowest BCUT2D eigenvalue weighted by molar-refractivity contribution is 0.415. The van der Waals surface area contributed by atoms with Gasteiger partial charge >= 0.3 is 0 Å². The lowest BCUT2D eigenvalue weighted by atomic mass is 10.1. The quantitative estimate of drug-likeness (QED) is 0.547. The summed E-state index contributed by atoms with van der Waals surface area (Å²) in [7, 11) is 3.50. The van der Waals surface area contributed by atoms with Crippen LogP contribution in [0.5, 0.6) is 5.75 Å². The number of benzene rings is 2. The Kier molecular flexibility index (Phi) is 5.10. The second kappa shape index (κ2) is 7.87. The normalized spacial score (nSPS) is 10.8. The van der Waals surface area contributed by atoms with Crippen LogP contribution in [-0.4, -0.2) is 26.4 Å². The molecular weight excluding hydrogens is 378 g/mol. The zero-order valence-corrected chi connectivity index (χ0v) is 17.4. The molecule has 0 radical (unpaired) electrons. The first-order valence-electron chi connectivity index (χ1n) is 9.59. The fourth-order valence-electron chi connectivity index (χ4n) is 3.38. The summed E-state index contributed by atoms with van der Waals surface area (Å²) < 4.78 is 8.69. The predicted octanol–water partition coefficient (Wildman–Crippen LogP) is 4.00. The number of nitrogens with one attached hydrogen (secondary N) is 1. The van der Waals surface area contributed by atoms with Crippen molar-refractivity contribution in [3.8, 4) is 22.7 Å². The van der Waals surface area contributed by atoms with E-state index in [0.29, 0.717) is 17.3 Å². The monoisotopic (exact) mass is 401 g/mol. The number of rotatable bonds is 5. The first-order chi connectivity index (χ1) is 14.5. The molecule has 0 saturated carbocycles. The Morgan fingerprint density at radius 3 is 2.33 bits per heavy atom. The first-order valence-corrected chi connectivity index (χ1v) is 9.59. The van der Waals surface area contributed by atoms with E-state index in [9.17, 15) is 4.79 Å². The molecule has 0 aliphatic rings. The molecule has 4 rings (SSSR count). The van der Waals surface area contributed by atoms with Gasteiger partial charge in [-0.15, -0.1) is 0 Å². The molecule has 0 fully saturated rings. The van der Waals surface area contributed by atoms with Crippen LogP contribution in [0.2, 0.25) is 0 Å². The van der Waals surface area contributed by atoms with Gasteiger partial charge in [-0.25, -0.2) is 14.6 Å². The highest BCUT2D eigenvalue weighted by Gasteiger charge is 2.17. The molecule has 2 aromatic heterocycles. The SMILES string of the molecule is COc1ccc(-c2cc(Nc3c(C)n(C)n(-c4ccccc4)c3=O)nc(C)n2)cc1. The van der Waals surface area contributed by atoms with E-state index in [1.54, 1.807) is 11.8 Å². The summed E-state index contributed by atoms with van der Waals surface area (Å²) in [6.45, 7) is 3.74. The van der Waals surface area contributed by atoms with Crippen LogP contribution in [-0.2, 0) is 7.05 Å². The van der Waals surface area contributed by atoms with Crippen molar-refractivity contribution in [2.45, 2.75) is 13.8 Å². The van der Waals surface area contributed by atoms with Crippen LogP contribution in [0, 0.1) is 13.8 Å². The van der Waals surface area contributed by atoms with Gasteiger partial charge in [-0.1, -0.05) is 18.2 Å². The van der Waals surface area contributed by atoms with E-state index >= 15 is 0 Å². The van der Waals surface area contributed by atoms with Crippen LogP contribution in [0.25, 0.3) is 16.9 Å². The van der Waals surface area contributed by atoms with Gasteiger partial charge in [0, 0.05) is 18.7 Å². The molecule has 0 aliphatic heterocycles. The maximum absolute atomic E-state index is 13.1. The molecule has 1 N–H and O–H groups in total. The van der Waals surface area contributed by atoms with Crippen molar-refractivity contribution >= 4 is 11.5 Å². The standard InChI is InChI=1S/C23H23N5O2/c1-15-22(23(29)28(27(15)3)18-8-6-5-7-9-18)26-21-14-20(24-16(2)25-21)17-10-12-19(30-4)13-11-17/h5-14H,1-4H3,(H,24,25,26). The van der Waals surface area contributed by atoms with Gasteiger partial charge in [-0.05, 0) is 50.2 Å². The van der Waals surface area contributed by atoms with Crippen LogP contribution < -0.4 is 15.6 Å². The molecule has 0 bridgehead atoms. The van der Waals surface area contributed by atoms with Gasteiger partial charge in [0.1, 0.15) is 23.1 Å². The van der Waals surface area contributed by atoms with Crippen molar-refractivity contribution in [3.05, 3.63) is 82.5 Å². The molecule has 2 aromatic carbocycles. The molecule has 2 heterocycles. The number of nitrogens with zero attached hydrogens (tertiary/aromatic N) is 4. The van der Waals surface area contributed by atoms with Gasteiger partial charge in [-0.3, -0.25) is 9.48 Å². The third-order valence-corrected chi connectivity index (χ3v) is 5.03. The number of methoxy groups -OCH3 is 1. The Morgan fingerprint density at radius 1 is 0.967 bits per heavy atom. The van der Waals surface area contributed by atoms with Crippen molar-refractivity contribution in [1.29, 1.82) is 0 Å². The van der Waals surface area contributed by atoms with E-state index in [4.69, 9.17) is 4.74 Å². The number of hydrogen-bond donors (Lipinski definition) is 1. The van der Waals surface area contributed by atoms with Gasteiger partial charge in [0.25, 0.3) is 5.56 Å². The molecule has 0 aliphatic carbocycles. The molecule has 0 amide bonds. The van der Waals surface area contributed by atoms with Gasteiger partial charge in [0.15, 0.2) is 0 Å². The highest BCUT2D eigenvalue weighted by Crippen LogP contribution is 2.24. The molecule has 7 heteroatoms. The minimum absolute atomic E-state index is 0.136. The Hall–Kier alpha value is -3.87. The van der Waals surface area contributed by atoms with Crippen LogP contribution in [0.1, 0.15) is 11.5 Å². The highest BCUT2D eigenvalue weighted by atomic mass is 16.5. The number of aryl methyl sites for hydroxylation is 1. The summed E-state index contributed by atoms with van der Waals surface area (Å²) in [6.07, 6.45) is 0. The average Bonchev–Trinajstić information content (AvgIpc) is 2.97. The maximum Gasteiger partial charge on any atom is 0.295 e. The zero-order chi connectivity index (χ0) is 21.3. The van der Waals surface area contributed by atoms with E-state index in [-0.39, 0.29) is 5.56 Å². The van der Waals surface area contributed by atoms with E-state index in [1.807, 2.05) is 86.2 Å². The lowest BCUT2D eigenvalue weighted by Gasteiger charge is -2.09. The number of anilines is 2. The van der Waals surface area contributed by atoms with Crippen LogP contribution >= 0.6 is 0 Å². The minimum atomic E-state index is -0.136. The summed E-state index contributed by atoms with van der Waals surface area (Å²) in [6, 6.07) is 19.1. The highest BCUT2D eigenvalue weighted by molar-refractivity contribution is 5.67. The molecule has 0 spiro atoms.